The molecular weight excluding hydrogens is 187 g/mol. The molecule has 0 aromatic heterocycles. The van der Waals surface area contributed by atoms with Crippen LogP contribution in [0.2, 0.25) is 0 Å². The molecule has 0 aliphatic heterocycles. The van der Waals surface area contributed by atoms with Crippen LogP contribution in [0.4, 0.5) is 4.39 Å². The minimum absolute atomic E-state index is 0.0960. The van der Waals surface area contributed by atoms with Gasteiger partial charge in [-0.05, 0) is 26.7 Å². The van der Waals surface area contributed by atoms with Gasteiger partial charge in [-0.3, -0.25) is 4.79 Å². The summed E-state index contributed by atoms with van der Waals surface area (Å²) in [6.07, 6.45) is -1.00. The first-order valence-electron chi connectivity index (χ1n) is 4.42. The van der Waals surface area contributed by atoms with Crippen molar-refractivity contribution in [1.82, 2.24) is 0 Å². The van der Waals surface area contributed by atoms with Gasteiger partial charge in [-0.25, -0.2) is 9.18 Å². The van der Waals surface area contributed by atoms with Gasteiger partial charge in [-0.15, -0.1) is 0 Å². The number of ketones is 1. The van der Waals surface area contributed by atoms with E-state index in [0.29, 0.717) is 12.0 Å². The highest BCUT2D eigenvalue weighted by molar-refractivity contribution is 5.86. The van der Waals surface area contributed by atoms with Crippen molar-refractivity contribution in [2.24, 2.45) is 0 Å². The fourth-order valence-corrected chi connectivity index (χ4v) is 0.754. The Hall–Kier alpha value is -1.19. The zero-order chi connectivity index (χ0) is 11.1. The summed E-state index contributed by atoms with van der Waals surface area (Å²) in [6, 6.07) is 0. The summed E-state index contributed by atoms with van der Waals surface area (Å²) in [7, 11) is 0. The Bertz CT molecular complexity index is 236. The molecular formula is C10H15FO3. The molecule has 0 aromatic rings. The summed E-state index contributed by atoms with van der Waals surface area (Å²) < 4.78 is 17.4. The average molecular weight is 202 g/mol. The normalized spacial score (nSPS) is 11.9. The van der Waals surface area contributed by atoms with E-state index in [1.807, 2.05) is 0 Å². The predicted octanol–water partition coefficient (Wildman–Crippen LogP) is 1.81. The number of carbonyl (C=O) groups is 2. The molecule has 0 heterocycles. The van der Waals surface area contributed by atoms with Crippen LogP contribution in [-0.2, 0) is 14.3 Å². The number of carbonyl (C=O) groups excluding carboxylic acids is 2. The van der Waals surface area contributed by atoms with Crippen LogP contribution in [0.15, 0.2) is 12.2 Å². The molecule has 0 saturated heterocycles. The number of ether oxygens (including phenoxy) is 1. The van der Waals surface area contributed by atoms with Crippen LogP contribution in [0.3, 0.4) is 0 Å². The minimum Gasteiger partial charge on any atom is -0.462 e. The summed E-state index contributed by atoms with van der Waals surface area (Å²) in [4.78, 5) is 21.3. The Morgan fingerprint density at radius 2 is 2.00 bits per heavy atom. The molecule has 0 spiro atoms. The molecule has 0 saturated carbocycles. The monoisotopic (exact) mass is 202 g/mol. The van der Waals surface area contributed by atoms with Crippen LogP contribution in [0.5, 0.6) is 0 Å². The van der Waals surface area contributed by atoms with Crippen molar-refractivity contribution >= 4 is 11.8 Å². The third kappa shape index (κ3) is 5.45. The van der Waals surface area contributed by atoms with Gasteiger partial charge in [0.1, 0.15) is 0 Å². The quantitative estimate of drug-likeness (QED) is 0.375. The predicted molar refractivity (Wildman–Crippen MR) is 50.6 cm³/mol. The molecule has 80 valence electrons. The first-order valence-corrected chi connectivity index (χ1v) is 4.42. The molecule has 1 atom stereocenters. The second-order valence-corrected chi connectivity index (χ2v) is 3.14. The molecule has 14 heavy (non-hydrogen) atoms. The van der Waals surface area contributed by atoms with Crippen LogP contribution >= 0.6 is 0 Å². The smallest absolute Gasteiger partial charge is 0.333 e. The van der Waals surface area contributed by atoms with Gasteiger partial charge < -0.3 is 4.74 Å². The third-order valence-corrected chi connectivity index (χ3v) is 1.62. The Balaban J connectivity index is 3.52. The van der Waals surface area contributed by atoms with E-state index in [1.165, 1.54) is 13.8 Å². The van der Waals surface area contributed by atoms with E-state index in [0.717, 1.165) is 0 Å². The molecule has 0 N–H and O–H groups in total. The zero-order valence-corrected chi connectivity index (χ0v) is 8.51. The molecule has 0 radical (unpaired) electrons. The minimum atomic E-state index is -1.45. The summed E-state index contributed by atoms with van der Waals surface area (Å²) in [5, 5.41) is 0. The number of Topliss-reactive ketones (excluding diaryl/α,β-unsaturated/α-hetero) is 1. The van der Waals surface area contributed by atoms with Crippen molar-refractivity contribution in [2.75, 3.05) is 6.61 Å². The number of hydrogen-bond acceptors (Lipinski definition) is 3. The van der Waals surface area contributed by atoms with Gasteiger partial charge in [0.15, 0.2) is 12.0 Å². The lowest BCUT2D eigenvalue weighted by Gasteiger charge is -2.05. The Morgan fingerprint density at radius 1 is 1.43 bits per heavy atom. The van der Waals surface area contributed by atoms with Gasteiger partial charge in [-0.2, -0.15) is 0 Å². The molecule has 0 aliphatic carbocycles. The summed E-state index contributed by atoms with van der Waals surface area (Å²) in [5.74, 6) is -0.973. The number of hydrogen-bond donors (Lipinski definition) is 0. The lowest BCUT2D eigenvalue weighted by atomic mass is 10.2. The van der Waals surface area contributed by atoms with Gasteiger partial charge in [0, 0.05) is 5.57 Å². The van der Waals surface area contributed by atoms with Crippen LogP contribution in [0.25, 0.3) is 0 Å². The van der Waals surface area contributed by atoms with Gasteiger partial charge in [-0.1, -0.05) is 6.58 Å². The highest BCUT2D eigenvalue weighted by atomic mass is 19.1. The molecule has 0 bridgehead atoms. The van der Waals surface area contributed by atoms with Gasteiger partial charge in [0.05, 0.1) is 6.61 Å². The summed E-state index contributed by atoms with van der Waals surface area (Å²) >= 11 is 0. The maximum atomic E-state index is 12.7. The van der Waals surface area contributed by atoms with Crippen molar-refractivity contribution < 1.29 is 18.7 Å². The highest BCUT2D eigenvalue weighted by Gasteiger charge is 2.11. The number of alkyl halides is 1. The van der Waals surface area contributed by atoms with E-state index in [1.54, 1.807) is 0 Å². The summed E-state index contributed by atoms with van der Waals surface area (Å²) in [6.45, 7) is 6.26. The van der Waals surface area contributed by atoms with Crippen molar-refractivity contribution in [3.05, 3.63) is 12.2 Å². The Labute approximate surface area is 82.9 Å². The fourth-order valence-electron chi connectivity index (χ4n) is 0.754. The van der Waals surface area contributed by atoms with E-state index >= 15 is 0 Å². The van der Waals surface area contributed by atoms with Gasteiger partial charge in [0.2, 0.25) is 0 Å². The lowest BCUT2D eigenvalue weighted by Crippen LogP contribution is -2.13. The highest BCUT2D eigenvalue weighted by Crippen LogP contribution is 2.04. The molecule has 0 rings (SSSR count). The maximum absolute atomic E-state index is 12.7. The van der Waals surface area contributed by atoms with E-state index < -0.39 is 17.9 Å². The van der Waals surface area contributed by atoms with Crippen LogP contribution in [0.1, 0.15) is 26.7 Å². The van der Waals surface area contributed by atoms with E-state index in [9.17, 15) is 14.0 Å². The molecule has 3 nitrogen and oxygen atoms in total. The molecule has 0 fully saturated rings. The average Bonchev–Trinajstić information content (AvgIpc) is 2.11. The molecule has 0 amide bonds. The maximum Gasteiger partial charge on any atom is 0.333 e. The summed E-state index contributed by atoms with van der Waals surface area (Å²) in [5.41, 5.74) is 0.313. The zero-order valence-electron chi connectivity index (χ0n) is 8.51. The van der Waals surface area contributed by atoms with E-state index in [4.69, 9.17) is 4.74 Å². The van der Waals surface area contributed by atoms with Crippen molar-refractivity contribution in [1.29, 1.82) is 0 Å². The second-order valence-electron chi connectivity index (χ2n) is 3.14. The van der Waals surface area contributed by atoms with E-state index in [2.05, 4.69) is 6.58 Å². The molecule has 1 unspecified atom stereocenters. The van der Waals surface area contributed by atoms with Crippen LogP contribution < -0.4 is 0 Å². The second kappa shape index (κ2) is 6.29. The number of rotatable bonds is 6. The van der Waals surface area contributed by atoms with Crippen molar-refractivity contribution in [2.45, 2.75) is 32.9 Å². The SMILES string of the molecule is C=C(C)C(=O)OCCCC(F)C(C)=O. The van der Waals surface area contributed by atoms with Crippen molar-refractivity contribution in [3.63, 3.8) is 0 Å². The number of halogens is 1. The van der Waals surface area contributed by atoms with Crippen molar-refractivity contribution in [3.8, 4) is 0 Å². The van der Waals surface area contributed by atoms with Crippen LogP contribution in [0, 0.1) is 0 Å². The van der Waals surface area contributed by atoms with Gasteiger partial charge in [0.25, 0.3) is 0 Å². The largest absolute Gasteiger partial charge is 0.462 e. The lowest BCUT2D eigenvalue weighted by molar-refractivity contribution is -0.139. The van der Waals surface area contributed by atoms with E-state index in [-0.39, 0.29) is 13.0 Å². The molecule has 0 aromatic carbocycles. The van der Waals surface area contributed by atoms with Crippen LogP contribution in [-0.4, -0.2) is 24.5 Å². The Morgan fingerprint density at radius 3 is 2.43 bits per heavy atom. The first-order chi connectivity index (χ1) is 6.45. The standard InChI is InChI=1S/C10H15FO3/c1-7(2)10(13)14-6-4-5-9(11)8(3)12/h9H,1,4-6H2,2-3H3. The Kier molecular flexibility index (Phi) is 5.76. The fraction of sp³-hybridized carbons (Fsp3) is 0.600. The van der Waals surface area contributed by atoms with Gasteiger partial charge >= 0.3 is 5.97 Å². The topological polar surface area (TPSA) is 43.4 Å². The first kappa shape index (κ1) is 12.8. The number of esters is 1. The molecule has 4 heteroatoms. The third-order valence-electron chi connectivity index (χ3n) is 1.62. The molecule has 0 aliphatic rings.